The fourth-order valence-electron chi connectivity index (χ4n) is 1.53. The number of rotatable bonds is 3. The second-order valence-corrected chi connectivity index (χ2v) is 4.92. The molecule has 0 aliphatic heterocycles. The summed E-state index contributed by atoms with van der Waals surface area (Å²) in [6, 6.07) is 3.61. The molecule has 0 N–H and O–H groups in total. The smallest absolute Gasteiger partial charge is 0.127 e. The first kappa shape index (κ1) is 10.1. The Balaban J connectivity index is 2.15. The molecule has 2 rings (SSSR count). The summed E-state index contributed by atoms with van der Waals surface area (Å²) in [5.74, 6) is -0.00221. The monoisotopic (exact) mass is 260 g/mol. The summed E-state index contributed by atoms with van der Waals surface area (Å²) in [6.45, 7) is 0. The van der Waals surface area contributed by atoms with Gasteiger partial charge in [-0.1, -0.05) is 28.8 Å². The zero-order valence-corrected chi connectivity index (χ0v) is 9.23. The van der Waals surface area contributed by atoms with Gasteiger partial charge in [0, 0.05) is 10.4 Å². The molecule has 0 aromatic heterocycles. The molecule has 14 heavy (non-hydrogen) atoms. The summed E-state index contributed by atoms with van der Waals surface area (Å²) < 4.78 is 26.2. The van der Waals surface area contributed by atoms with Crippen LogP contribution in [0.15, 0.2) is 18.2 Å². The van der Waals surface area contributed by atoms with Gasteiger partial charge in [0.2, 0.25) is 0 Å². The third-order valence-electron chi connectivity index (χ3n) is 2.53. The van der Waals surface area contributed by atoms with E-state index in [9.17, 15) is 8.78 Å². The van der Waals surface area contributed by atoms with Crippen LogP contribution in [0.25, 0.3) is 0 Å². The molecule has 1 aromatic rings. The second kappa shape index (κ2) is 3.97. The molecule has 1 saturated carbocycles. The molecule has 0 heterocycles. The predicted molar refractivity (Wildman–Crippen MR) is 55.4 cm³/mol. The van der Waals surface area contributed by atoms with Crippen LogP contribution in [0.2, 0.25) is 0 Å². The molecule has 0 radical (unpaired) electrons. The Labute approximate surface area is 90.4 Å². The van der Waals surface area contributed by atoms with Crippen molar-refractivity contribution in [1.82, 2.24) is 0 Å². The van der Waals surface area contributed by atoms with Crippen LogP contribution in [-0.2, 0) is 0 Å². The number of benzene rings is 1. The van der Waals surface area contributed by atoms with Gasteiger partial charge in [0.05, 0.1) is 0 Å². The van der Waals surface area contributed by atoms with Crippen LogP contribution < -0.4 is 0 Å². The van der Waals surface area contributed by atoms with Crippen LogP contribution in [-0.4, -0.2) is 0 Å². The van der Waals surface area contributed by atoms with Crippen LogP contribution in [0, 0.1) is 17.6 Å². The Morgan fingerprint density at radius 1 is 1.36 bits per heavy atom. The van der Waals surface area contributed by atoms with Gasteiger partial charge < -0.3 is 0 Å². The van der Waals surface area contributed by atoms with Crippen LogP contribution in [0.4, 0.5) is 8.78 Å². The molecule has 0 nitrogen and oxygen atoms in total. The van der Waals surface area contributed by atoms with Gasteiger partial charge in [-0.05, 0) is 30.5 Å². The number of alkyl halides is 1. The fourth-order valence-corrected chi connectivity index (χ4v) is 2.41. The first-order valence-corrected chi connectivity index (χ1v) is 5.67. The number of hydrogen-bond acceptors (Lipinski definition) is 0. The van der Waals surface area contributed by atoms with E-state index in [1.54, 1.807) is 0 Å². The summed E-state index contributed by atoms with van der Waals surface area (Å²) in [6.07, 6.45) is 3.35. The van der Waals surface area contributed by atoms with Crippen LogP contribution >= 0.6 is 15.9 Å². The van der Waals surface area contributed by atoms with Gasteiger partial charge in [0.25, 0.3) is 0 Å². The van der Waals surface area contributed by atoms with Gasteiger partial charge in [-0.15, -0.1) is 0 Å². The quantitative estimate of drug-likeness (QED) is 0.715. The van der Waals surface area contributed by atoms with E-state index in [0.29, 0.717) is 11.5 Å². The van der Waals surface area contributed by atoms with E-state index in [4.69, 9.17) is 0 Å². The van der Waals surface area contributed by atoms with Crippen molar-refractivity contribution < 1.29 is 8.78 Å². The van der Waals surface area contributed by atoms with Crippen molar-refractivity contribution in [3.05, 3.63) is 35.4 Å². The summed E-state index contributed by atoms with van der Waals surface area (Å²) in [5, 5.41) is 0. The molecule has 0 bridgehead atoms. The minimum atomic E-state index is -0.373. The average molecular weight is 261 g/mol. The van der Waals surface area contributed by atoms with Crippen molar-refractivity contribution in [2.75, 3.05) is 0 Å². The number of hydrogen-bond donors (Lipinski definition) is 0. The molecule has 1 unspecified atom stereocenters. The highest BCUT2D eigenvalue weighted by molar-refractivity contribution is 9.09. The Bertz CT molecular complexity index is 334. The summed E-state index contributed by atoms with van der Waals surface area (Å²) in [7, 11) is 0. The summed E-state index contributed by atoms with van der Waals surface area (Å²) >= 11 is 3.40. The van der Waals surface area contributed by atoms with Gasteiger partial charge in [-0.2, -0.15) is 0 Å². The molecule has 0 saturated heterocycles. The second-order valence-electron chi connectivity index (χ2n) is 3.81. The third kappa shape index (κ3) is 2.32. The topological polar surface area (TPSA) is 0 Å². The lowest BCUT2D eigenvalue weighted by Crippen LogP contribution is -1.96. The lowest BCUT2D eigenvalue weighted by atomic mass is 10.1. The molecule has 1 atom stereocenters. The van der Waals surface area contributed by atoms with E-state index in [-0.39, 0.29) is 16.5 Å². The van der Waals surface area contributed by atoms with E-state index in [0.717, 1.165) is 12.5 Å². The van der Waals surface area contributed by atoms with Crippen molar-refractivity contribution in [3.63, 3.8) is 0 Å². The minimum Gasteiger partial charge on any atom is -0.207 e. The molecule has 0 spiro atoms. The van der Waals surface area contributed by atoms with Gasteiger partial charge in [-0.3, -0.25) is 0 Å². The minimum absolute atomic E-state index is 0.0503. The first-order chi connectivity index (χ1) is 6.66. The summed E-state index contributed by atoms with van der Waals surface area (Å²) in [4.78, 5) is -0.0503. The molecule has 1 aliphatic carbocycles. The van der Waals surface area contributed by atoms with Crippen molar-refractivity contribution in [3.8, 4) is 0 Å². The molecule has 1 fully saturated rings. The van der Waals surface area contributed by atoms with E-state index >= 15 is 0 Å². The Hall–Kier alpha value is -0.440. The summed E-state index contributed by atoms with van der Waals surface area (Å²) in [5.41, 5.74) is 0.442. The molecule has 0 amide bonds. The first-order valence-electron chi connectivity index (χ1n) is 4.76. The number of halogens is 3. The zero-order valence-electron chi connectivity index (χ0n) is 7.64. The molecule has 1 aliphatic rings. The molecular formula is C11H11BrF2. The Morgan fingerprint density at radius 3 is 2.71 bits per heavy atom. The average Bonchev–Trinajstić information content (AvgIpc) is 2.93. The molecule has 1 aromatic carbocycles. The molecular weight excluding hydrogens is 250 g/mol. The van der Waals surface area contributed by atoms with Gasteiger partial charge in [0.15, 0.2) is 0 Å². The SMILES string of the molecule is Fc1ccc(F)c(C(Br)CC2CC2)c1. The van der Waals surface area contributed by atoms with Crippen LogP contribution in [0.5, 0.6) is 0 Å². The van der Waals surface area contributed by atoms with Crippen molar-refractivity contribution in [2.45, 2.75) is 24.1 Å². The highest BCUT2D eigenvalue weighted by Gasteiger charge is 2.26. The van der Waals surface area contributed by atoms with E-state index in [2.05, 4.69) is 15.9 Å². The molecule has 3 heteroatoms. The maximum Gasteiger partial charge on any atom is 0.127 e. The maximum absolute atomic E-state index is 13.3. The normalized spacial score (nSPS) is 18.2. The molecule has 76 valence electrons. The van der Waals surface area contributed by atoms with Crippen LogP contribution in [0.3, 0.4) is 0 Å². The fraction of sp³-hybridized carbons (Fsp3) is 0.455. The van der Waals surface area contributed by atoms with Gasteiger partial charge in [-0.25, -0.2) is 8.78 Å². The highest BCUT2D eigenvalue weighted by atomic mass is 79.9. The Morgan fingerprint density at radius 2 is 2.07 bits per heavy atom. The zero-order chi connectivity index (χ0) is 10.1. The highest BCUT2D eigenvalue weighted by Crippen LogP contribution is 2.41. The Kier molecular flexibility index (Phi) is 2.86. The lowest BCUT2D eigenvalue weighted by Gasteiger charge is -2.10. The maximum atomic E-state index is 13.3. The van der Waals surface area contributed by atoms with Gasteiger partial charge >= 0.3 is 0 Å². The lowest BCUT2D eigenvalue weighted by molar-refractivity contribution is 0.575. The third-order valence-corrected chi connectivity index (χ3v) is 3.40. The van der Waals surface area contributed by atoms with Crippen molar-refractivity contribution in [1.29, 1.82) is 0 Å². The van der Waals surface area contributed by atoms with E-state index in [1.807, 2.05) is 0 Å². The van der Waals surface area contributed by atoms with Crippen molar-refractivity contribution in [2.24, 2.45) is 5.92 Å². The van der Waals surface area contributed by atoms with E-state index in [1.165, 1.54) is 25.0 Å². The van der Waals surface area contributed by atoms with Gasteiger partial charge in [0.1, 0.15) is 11.6 Å². The largest absolute Gasteiger partial charge is 0.207 e. The predicted octanol–water partition coefficient (Wildman–Crippen LogP) is 4.20. The van der Waals surface area contributed by atoms with Crippen molar-refractivity contribution >= 4 is 15.9 Å². The standard InChI is InChI=1S/C11H11BrF2/c12-10(5-7-1-2-7)9-6-8(13)3-4-11(9)14/h3-4,6-7,10H,1-2,5H2. The van der Waals surface area contributed by atoms with E-state index < -0.39 is 0 Å². The van der Waals surface area contributed by atoms with Crippen LogP contribution in [0.1, 0.15) is 29.7 Å².